The molecule has 0 radical (unpaired) electrons. The van der Waals surface area contributed by atoms with E-state index in [-0.39, 0.29) is 0 Å². The molecule has 0 aromatic heterocycles. The SMILES string of the molecule is CC1OCCC1N1CCNC(C2CC2)C1. The molecule has 3 fully saturated rings. The minimum Gasteiger partial charge on any atom is -0.377 e. The van der Waals surface area contributed by atoms with Crippen LogP contribution in [-0.2, 0) is 4.74 Å². The topological polar surface area (TPSA) is 24.5 Å². The standard InChI is InChI=1S/C12H22N2O/c1-9-12(4-7-15-9)14-6-5-13-11(8-14)10-2-3-10/h9-13H,2-8H2,1H3. The van der Waals surface area contributed by atoms with Gasteiger partial charge in [-0.3, -0.25) is 4.90 Å². The van der Waals surface area contributed by atoms with Gasteiger partial charge in [0.05, 0.1) is 6.10 Å². The molecule has 3 heteroatoms. The highest BCUT2D eigenvalue weighted by atomic mass is 16.5. The molecule has 1 N–H and O–H groups in total. The fourth-order valence-corrected chi connectivity index (χ4v) is 3.12. The molecule has 1 aliphatic carbocycles. The van der Waals surface area contributed by atoms with Gasteiger partial charge in [-0.2, -0.15) is 0 Å². The van der Waals surface area contributed by atoms with Crippen LogP contribution in [-0.4, -0.2) is 49.3 Å². The molecule has 3 nitrogen and oxygen atoms in total. The van der Waals surface area contributed by atoms with Crippen LogP contribution < -0.4 is 5.32 Å². The van der Waals surface area contributed by atoms with Gasteiger partial charge >= 0.3 is 0 Å². The van der Waals surface area contributed by atoms with Crippen LogP contribution in [0.3, 0.4) is 0 Å². The van der Waals surface area contributed by atoms with E-state index in [1.54, 1.807) is 0 Å². The monoisotopic (exact) mass is 210 g/mol. The summed E-state index contributed by atoms with van der Waals surface area (Å²) in [5, 5.41) is 3.67. The summed E-state index contributed by atoms with van der Waals surface area (Å²) in [5.74, 6) is 0.977. The third kappa shape index (κ3) is 2.05. The smallest absolute Gasteiger partial charge is 0.0703 e. The van der Waals surface area contributed by atoms with Crippen LogP contribution in [0.25, 0.3) is 0 Å². The lowest BCUT2D eigenvalue weighted by molar-refractivity contribution is 0.0584. The second kappa shape index (κ2) is 4.04. The Bertz CT molecular complexity index is 230. The molecular weight excluding hydrogens is 188 g/mol. The Balaban J connectivity index is 1.60. The first-order valence-electron chi connectivity index (χ1n) is 6.43. The van der Waals surface area contributed by atoms with Crippen molar-refractivity contribution in [1.29, 1.82) is 0 Å². The summed E-state index contributed by atoms with van der Waals surface area (Å²) in [6.45, 7) is 6.82. The van der Waals surface area contributed by atoms with Gasteiger partial charge in [0.15, 0.2) is 0 Å². The summed E-state index contributed by atoms with van der Waals surface area (Å²) < 4.78 is 5.67. The van der Waals surface area contributed by atoms with Gasteiger partial charge in [0.25, 0.3) is 0 Å². The Labute approximate surface area is 92.2 Å². The zero-order valence-corrected chi connectivity index (χ0v) is 9.61. The lowest BCUT2D eigenvalue weighted by Gasteiger charge is -2.38. The molecule has 86 valence electrons. The van der Waals surface area contributed by atoms with Gasteiger partial charge in [-0.25, -0.2) is 0 Å². The molecule has 0 bridgehead atoms. The second-order valence-corrected chi connectivity index (χ2v) is 5.32. The van der Waals surface area contributed by atoms with E-state index >= 15 is 0 Å². The van der Waals surface area contributed by atoms with Crippen molar-refractivity contribution in [3.8, 4) is 0 Å². The first-order valence-corrected chi connectivity index (χ1v) is 6.43. The van der Waals surface area contributed by atoms with Crippen molar-refractivity contribution in [2.45, 2.75) is 44.4 Å². The average Bonchev–Trinajstić information content (AvgIpc) is 3.02. The molecule has 3 unspecified atom stereocenters. The van der Waals surface area contributed by atoms with Crippen molar-refractivity contribution in [3.05, 3.63) is 0 Å². The van der Waals surface area contributed by atoms with E-state index in [2.05, 4.69) is 17.1 Å². The number of hydrogen-bond acceptors (Lipinski definition) is 3. The summed E-state index contributed by atoms with van der Waals surface area (Å²) in [6, 6.07) is 1.46. The third-order valence-corrected chi connectivity index (χ3v) is 4.23. The van der Waals surface area contributed by atoms with Gasteiger partial charge in [-0.1, -0.05) is 0 Å². The zero-order chi connectivity index (χ0) is 10.3. The molecule has 3 aliphatic rings. The van der Waals surface area contributed by atoms with Gasteiger partial charge in [-0.15, -0.1) is 0 Å². The summed E-state index contributed by atoms with van der Waals surface area (Å²) in [4.78, 5) is 2.66. The van der Waals surface area contributed by atoms with Crippen LogP contribution in [0.15, 0.2) is 0 Å². The van der Waals surface area contributed by atoms with E-state index in [1.165, 1.54) is 38.9 Å². The maximum atomic E-state index is 5.67. The maximum absolute atomic E-state index is 5.67. The van der Waals surface area contributed by atoms with Crippen LogP contribution in [0.2, 0.25) is 0 Å². The van der Waals surface area contributed by atoms with E-state index in [1.807, 2.05) is 0 Å². The first-order chi connectivity index (χ1) is 7.34. The molecule has 2 heterocycles. The number of nitrogens with zero attached hydrogens (tertiary/aromatic N) is 1. The molecule has 0 aromatic carbocycles. The number of nitrogens with one attached hydrogen (secondary N) is 1. The molecule has 3 atom stereocenters. The average molecular weight is 210 g/mol. The summed E-state index contributed by atoms with van der Waals surface area (Å²) in [5.41, 5.74) is 0. The summed E-state index contributed by atoms with van der Waals surface area (Å²) >= 11 is 0. The Hall–Kier alpha value is -0.120. The van der Waals surface area contributed by atoms with Crippen LogP contribution in [0, 0.1) is 5.92 Å². The third-order valence-electron chi connectivity index (χ3n) is 4.23. The minimum absolute atomic E-state index is 0.447. The molecule has 2 saturated heterocycles. The molecular formula is C12H22N2O. The van der Waals surface area contributed by atoms with Gasteiger partial charge in [0, 0.05) is 38.3 Å². The van der Waals surface area contributed by atoms with Crippen molar-refractivity contribution in [1.82, 2.24) is 10.2 Å². The zero-order valence-electron chi connectivity index (χ0n) is 9.61. The molecule has 0 aromatic rings. The van der Waals surface area contributed by atoms with E-state index in [0.717, 1.165) is 18.6 Å². The lowest BCUT2D eigenvalue weighted by atomic mass is 10.0. The Morgan fingerprint density at radius 2 is 2.13 bits per heavy atom. The highest BCUT2D eigenvalue weighted by Gasteiger charge is 2.38. The Morgan fingerprint density at radius 3 is 2.80 bits per heavy atom. The summed E-state index contributed by atoms with van der Waals surface area (Å²) in [6.07, 6.45) is 4.58. The molecule has 2 aliphatic heterocycles. The Morgan fingerprint density at radius 1 is 1.27 bits per heavy atom. The normalized spacial score (nSPS) is 43.4. The van der Waals surface area contributed by atoms with E-state index in [0.29, 0.717) is 12.1 Å². The predicted molar refractivity (Wildman–Crippen MR) is 59.9 cm³/mol. The minimum atomic E-state index is 0.447. The van der Waals surface area contributed by atoms with Crippen LogP contribution in [0.5, 0.6) is 0 Å². The largest absolute Gasteiger partial charge is 0.377 e. The quantitative estimate of drug-likeness (QED) is 0.731. The van der Waals surface area contributed by atoms with E-state index in [9.17, 15) is 0 Å². The maximum Gasteiger partial charge on any atom is 0.0703 e. The van der Waals surface area contributed by atoms with Crippen LogP contribution >= 0.6 is 0 Å². The molecule has 1 saturated carbocycles. The van der Waals surface area contributed by atoms with Crippen molar-refractivity contribution in [2.24, 2.45) is 5.92 Å². The second-order valence-electron chi connectivity index (χ2n) is 5.32. The molecule has 15 heavy (non-hydrogen) atoms. The van der Waals surface area contributed by atoms with E-state index in [4.69, 9.17) is 4.74 Å². The van der Waals surface area contributed by atoms with E-state index < -0.39 is 0 Å². The number of rotatable bonds is 2. The molecule has 0 spiro atoms. The number of ether oxygens (including phenoxy) is 1. The summed E-state index contributed by atoms with van der Waals surface area (Å²) in [7, 11) is 0. The first kappa shape index (κ1) is 10.1. The predicted octanol–water partition coefficient (Wildman–Crippen LogP) is 0.848. The van der Waals surface area contributed by atoms with Gasteiger partial charge in [0.1, 0.15) is 0 Å². The highest BCUT2D eigenvalue weighted by molar-refractivity contribution is 4.94. The highest BCUT2D eigenvalue weighted by Crippen LogP contribution is 2.34. The number of hydrogen-bond donors (Lipinski definition) is 1. The van der Waals surface area contributed by atoms with Gasteiger partial charge in [-0.05, 0) is 32.1 Å². The lowest BCUT2D eigenvalue weighted by Crippen LogP contribution is -2.56. The van der Waals surface area contributed by atoms with Crippen molar-refractivity contribution in [3.63, 3.8) is 0 Å². The fourth-order valence-electron chi connectivity index (χ4n) is 3.12. The Kier molecular flexibility index (Phi) is 2.71. The van der Waals surface area contributed by atoms with Crippen molar-refractivity contribution < 1.29 is 4.74 Å². The van der Waals surface area contributed by atoms with Crippen LogP contribution in [0.4, 0.5) is 0 Å². The van der Waals surface area contributed by atoms with Gasteiger partial charge in [0.2, 0.25) is 0 Å². The van der Waals surface area contributed by atoms with Crippen molar-refractivity contribution in [2.75, 3.05) is 26.2 Å². The van der Waals surface area contributed by atoms with Crippen molar-refractivity contribution >= 4 is 0 Å². The molecule has 0 amide bonds. The van der Waals surface area contributed by atoms with Gasteiger partial charge < -0.3 is 10.1 Å². The van der Waals surface area contributed by atoms with Crippen LogP contribution in [0.1, 0.15) is 26.2 Å². The fraction of sp³-hybridized carbons (Fsp3) is 1.00. The number of piperazine rings is 1. The molecule has 3 rings (SSSR count).